The molecule has 0 saturated carbocycles. The predicted octanol–water partition coefficient (Wildman–Crippen LogP) is 5.04. The second-order valence-electron chi connectivity index (χ2n) is 6.94. The lowest BCUT2D eigenvalue weighted by atomic mass is 10.2. The largest absolute Gasteiger partial charge is 0.457 e. The second-order valence-corrected chi connectivity index (χ2v) is 6.94. The van der Waals surface area contributed by atoms with E-state index in [1.165, 1.54) is 0 Å². The third kappa shape index (κ3) is 4.31. The lowest BCUT2D eigenvalue weighted by molar-refractivity contribution is -0.116. The smallest absolute Gasteiger partial charge is 0.226 e. The fraction of sp³-hybridized carbons (Fsp3) is 0.125. The molecule has 148 valence electrons. The molecule has 1 amide bonds. The number of ether oxygens (including phenoxy) is 1. The number of nitriles is 1. The molecule has 0 radical (unpaired) electrons. The molecule has 0 aliphatic rings. The molecule has 0 atom stereocenters. The quantitative estimate of drug-likeness (QED) is 0.495. The van der Waals surface area contributed by atoms with Gasteiger partial charge in [-0.2, -0.15) is 5.26 Å². The number of rotatable bonds is 6. The van der Waals surface area contributed by atoms with E-state index < -0.39 is 0 Å². The number of benzene rings is 3. The fourth-order valence-corrected chi connectivity index (χ4v) is 3.20. The predicted molar refractivity (Wildman–Crippen MR) is 115 cm³/mol. The summed E-state index contributed by atoms with van der Waals surface area (Å²) in [7, 11) is 0. The van der Waals surface area contributed by atoms with Crippen LogP contribution in [0.5, 0.6) is 11.5 Å². The van der Waals surface area contributed by atoms with E-state index in [0.717, 1.165) is 22.3 Å². The summed E-state index contributed by atoms with van der Waals surface area (Å²) < 4.78 is 7.81. The second kappa shape index (κ2) is 8.50. The van der Waals surface area contributed by atoms with Crippen molar-refractivity contribution in [2.24, 2.45) is 0 Å². The van der Waals surface area contributed by atoms with E-state index in [0.29, 0.717) is 30.0 Å². The highest BCUT2D eigenvalue weighted by Gasteiger charge is 2.08. The molecule has 1 heterocycles. The summed E-state index contributed by atoms with van der Waals surface area (Å²) in [5, 5.41) is 11.8. The van der Waals surface area contributed by atoms with Crippen molar-refractivity contribution in [3.63, 3.8) is 0 Å². The van der Waals surface area contributed by atoms with E-state index in [-0.39, 0.29) is 5.91 Å². The third-order valence-corrected chi connectivity index (χ3v) is 4.80. The Kier molecular flexibility index (Phi) is 5.44. The van der Waals surface area contributed by atoms with E-state index in [1.807, 2.05) is 54.0 Å². The average Bonchev–Trinajstić information content (AvgIpc) is 3.18. The van der Waals surface area contributed by atoms with Gasteiger partial charge in [0, 0.05) is 18.7 Å². The Labute approximate surface area is 174 Å². The van der Waals surface area contributed by atoms with Crippen LogP contribution in [0.4, 0.5) is 5.69 Å². The van der Waals surface area contributed by atoms with Crippen molar-refractivity contribution in [1.82, 2.24) is 9.55 Å². The number of carbonyl (C=O) groups is 1. The molecule has 0 aliphatic heterocycles. The Morgan fingerprint density at radius 1 is 1.10 bits per heavy atom. The zero-order valence-corrected chi connectivity index (χ0v) is 16.5. The van der Waals surface area contributed by atoms with Crippen molar-refractivity contribution < 1.29 is 9.53 Å². The van der Waals surface area contributed by atoms with Gasteiger partial charge in [-0.1, -0.05) is 12.1 Å². The minimum Gasteiger partial charge on any atom is -0.457 e. The molecule has 6 heteroatoms. The monoisotopic (exact) mass is 396 g/mol. The molecule has 0 fully saturated rings. The molecule has 1 N–H and O–H groups in total. The van der Waals surface area contributed by atoms with Crippen molar-refractivity contribution in [3.05, 3.63) is 84.2 Å². The van der Waals surface area contributed by atoms with Crippen molar-refractivity contribution in [3.8, 4) is 17.6 Å². The Balaban J connectivity index is 1.37. The first-order chi connectivity index (χ1) is 14.6. The number of para-hydroxylation sites is 2. The van der Waals surface area contributed by atoms with Crippen molar-refractivity contribution in [2.45, 2.75) is 19.9 Å². The first kappa shape index (κ1) is 19.2. The van der Waals surface area contributed by atoms with E-state index in [9.17, 15) is 4.79 Å². The minimum atomic E-state index is -0.0587. The SMILES string of the molecule is Cc1cc(Oc2ccc(C#N)cc2)ccc1NC(=O)CCn1cnc2ccccc21. The van der Waals surface area contributed by atoms with Crippen molar-refractivity contribution in [1.29, 1.82) is 5.26 Å². The van der Waals surface area contributed by atoms with Crippen LogP contribution in [0.3, 0.4) is 0 Å². The number of hydrogen-bond acceptors (Lipinski definition) is 4. The summed E-state index contributed by atoms with van der Waals surface area (Å²) in [6, 6.07) is 22.4. The molecule has 0 spiro atoms. The highest BCUT2D eigenvalue weighted by atomic mass is 16.5. The minimum absolute atomic E-state index is 0.0587. The fourth-order valence-electron chi connectivity index (χ4n) is 3.20. The molecule has 6 nitrogen and oxygen atoms in total. The molecule has 1 aromatic heterocycles. The van der Waals surface area contributed by atoms with Crippen molar-refractivity contribution in [2.75, 3.05) is 5.32 Å². The molecule has 3 aromatic carbocycles. The molecular weight excluding hydrogens is 376 g/mol. The van der Waals surface area contributed by atoms with Gasteiger partial charge in [0.1, 0.15) is 11.5 Å². The van der Waals surface area contributed by atoms with Gasteiger partial charge in [-0.3, -0.25) is 4.79 Å². The topological polar surface area (TPSA) is 79.9 Å². The van der Waals surface area contributed by atoms with Gasteiger partial charge in [0.15, 0.2) is 0 Å². The summed E-state index contributed by atoms with van der Waals surface area (Å²) in [6.07, 6.45) is 2.11. The lowest BCUT2D eigenvalue weighted by Gasteiger charge is -2.12. The Bertz CT molecular complexity index is 1240. The van der Waals surface area contributed by atoms with E-state index in [2.05, 4.69) is 16.4 Å². The van der Waals surface area contributed by atoms with E-state index >= 15 is 0 Å². The van der Waals surface area contributed by atoms with Crippen LogP contribution >= 0.6 is 0 Å². The van der Waals surface area contributed by atoms with Gasteiger partial charge in [0.2, 0.25) is 5.91 Å². The van der Waals surface area contributed by atoms with Gasteiger partial charge in [0.05, 0.1) is 29.0 Å². The number of hydrogen-bond donors (Lipinski definition) is 1. The molecular formula is C24H20N4O2. The normalized spacial score (nSPS) is 10.5. The molecule has 4 aromatic rings. The van der Waals surface area contributed by atoms with Gasteiger partial charge in [-0.25, -0.2) is 4.98 Å². The van der Waals surface area contributed by atoms with Crippen LogP contribution < -0.4 is 10.1 Å². The van der Waals surface area contributed by atoms with Crippen LogP contribution in [-0.4, -0.2) is 15.5 Å². The first-order valence-corrected chi connectivity index (χ1v) is 9.61. The van der Waals surface area contributed by atoms with Crippen LogP contribution in [-0.2, 0) is 11.3 Å². The number of imidazole rings is 1. The van der Waals surface area contributed by atoms with Gasteiger partial charge < -0.3 is 14.6 Å². The zero-order chi connectivity index (χ0) is 20.9. The maximum Gasteiger partial charge on any atom is 0.226 e. The number of amides is 1. The summed E-state index contributed by atoms with van der Waals surface area (Å²) in [6.45, 7) is 2.48. The van der Waals surface area contributed by atoms with E-state index in [1.54, 1.807) is 30.6 Å². The number of aryl methyl sites for hydroxylation is 2. The van der Waals surface area contributed by atoms with Gasteiger partial charge in [-0.05, 0) is 67.1 Å². The molecule has 0 bridgehead atoms. The molecule has 0 saturated heterocycles. The Morgan fingerprint density at radius 2 is 1.87 bits per heavy atom. The van der Waals surface area contributed by atoms with Crippen molar-refractivity contribution >= 4 is 22.6 Å². The van der Waals surface area contributed by atoms with Crippen LogP contribution in [0, 0.1) is 18.3 Å². The molecule has 30 heavy (non-hydrogen) atoms. The molecule has 0 aliphatic carbocycles. The van der Waals surface area contributed by atoms with E-state index in [4.69, 9.17) is 10.00 Å². The zero-order valence-electron chi connectivity index (χ0n) is 16.5. The number of nitrogens with one attached hydrogen (secondary N) is 1. The van der Waals surface area contributed by atoms with Gasteiger partial charge in [-0.15, -0.1) is 0 Å². The average molecular weight is 396 g/mol. The highest BCUT2D eigenvalue weighted by Crippen LogP contribution is 2.26. The lowest BCUT2D eigenvalue weighted by Crippen LogP contribution is -2.15. The summed E-state index contributed by atoms with van der Waals surface area (Å²) in [5.41, 5.74) is 4.18. The maximum absolute atomic E-state index is 12.4. The number of fused-ring (bicyclic) bond motifs is 1. The summed E-state index contributed by atoms with van der Waals surface area (Å²) in [5.74, 6) is 1.26. The number of aromatic nitrogens is 2. The Morgan fingerprint density at radius 3 is 2.63 bits per heavy atom. The Hall–Kier alpha value is -4.11. The summed E-state index contributed by atoms with van der Waals surface area (Å²) in [4.78, 5) is 16.8. The standard InChI is InChI=1S/C24H20N4O2/c1-17-14-20(30-19-8-6-18(15-25)7-9-19)10-11-21(17)27-24(29)12-13-28-16-26-22-4-2-3-5-23(22)28/h2-11,14,16H,12-13H2,1H3,(H,27,29). The van der Waals surface area contributed by atoms with Crippen LogP contribution in [0.1, 0.15) is 17.5 Å². The van der Waals surface area contributed by atoms with Gasteiger partial charge in [0.25, 0.3) is 0 Å². The molecule has 4 rings (SSSR count). The maximum atomic E-state index is 12.4. The third-order valence-electron chi connectivity index (χ3n) is 4.80. The first-order valence-electron chi connectivity index (χ1n) is 9.61. The molecule has 0 unspecified atom stereocenters. The van der Waals surface area contributed by atoms with Crippen LogP contribution in [0.15, 0.2) is 73.1 Å². The van der Waals surface area contributed by atoms with Gasteiger partial charge >= 0.3 is 0 Å². The van der Waals surface area contributed by atoms with Crippen LogP contribution in [0.25, 0.3) is 11.0 Å². The number of carbonyl (C=O) groups excluding carboxylic acids is 1. The highest BCUT2D eigenvalue weighted by molar-refractivity contribution is 5.91. The number of nitrogens with zero attached hydrogens (tertiary/aromatic N) is 3. The number of anilines is 1. The van der Waals surface area contributed by atoms with Crippen LogP contribution in [0.2, 0.25) is 0 Å². The summed E-state index contributed by atoms with van der Waals surface area (Å²) >= 11 is 0.